The summed E-state index contributed by atoms with van der Waals surface area (Å²) in [7, 11) is -4.15. The molecule has 13 heteroatoms. The molecular formula is C24H35ClN5O6P. The van der Waals surface area contributed by atoms with Gasteiger partial charge in [0.25, 0.3) is 0 Å². The molecule has 0 aromatic carbocycles. The number of rotatable bonds is 7. The van der Waals surface area contributed by atoms with Crippen molar-refractivity contribution in [2.24, 2.45) is 16.7 Å². The number of aliphatic hydroxyl groups excluding tert-OH is 2. The molecule has 11 nitrogen and oxygen atoms in total. The Morgan fingerprint density at radius 1 is 1.14 bits per heavy atom. The number of fused-ring (bicyclic) bond motifs is 1. The van der Waals surface area contributed by atoms with Gasteiger partial charge in [-0.15, -0.1) is 0 Å². The fraction of sp³-hybridized carbons (Fsp3) is 0.792. The Kier molecular flexibility index (Phi) is 6.01. The zero-order valence-electron chi connectivity index (χ0n) is 21.0. The van der Waals surface area contributed by atoms with Gasteiger partial charge in [0.1, 0.15) is 12.2 Å². The first kappa shape index (κ1) is 25.9. The van der Waals surface area contributed by atoms with Crippen LogP contribution in [0.25, 0.3) is 11.2 Å². The fourth-order valence-corrected chi connectivity index (χ4v) is 9.46. The normalized spacial score (nSPS) is 41.1. The van der Waals surface area contributed by atoms with Gasteiger partial charge in [0.2, 0.25) is 5.28 Å². The molecule has 2 aromatic rings. The quantitative estimate of drug-likeness (QED) is 0.253. The van der Waals surface area contributed by atoms with Crippen LogP contribution in [0.5, 0.6) is 0 Å². The lowest BCUT2D eigenvalue weighted by atomic mass is 9.43. The number of ether oxygens (including phenoxy) is 1. The van der Waals surface area contributed by atoms with Crippen LogP contribution in [0.2, 0.25) is 5.28 Å². The Hall–Kier alpha value is -1.33. The van der Waals surface area contributed by atoms with Crippen LogP contribution >= 0.6 is 19.2 Å². The molecule has 37 heavy (non-hydrogen) atoms. The maximum atomic E-state index is 11.2. The highest BCUT2D eigenvalue weighted by atomic mass is 35.5. The van der Waals surface area contributed by atoms with Crippen molar-refractivity contribution in [2.75, 3.05) is 11.5 Å². The Labute approximate surface area is 220 Å². The van der Waals surface area contributed by atoms with Crippen LogP contribution in [0, 0.1) is 16.7 Å². The largest absolute Gasteiger partial charge is 0.388 e. The number of halogens is 1. The molecule has 4 bridgehead atoms. The van der Waals surface area contributed by atoms with Gasteiger partial charge in [-0.2, -0.15) is 9.97 Å². The van der Waals surface area contributed by atoms with Crippen LogP contribution < -0.4 is 5.32 Å². The highest BCUT2D eigenvalue weighted by molar-refractivity contribution is 7.51. The summed E-state index contributed by atoms with van der Waals surface area (Å²) in [6.45, 7) is 4.81. The minimum Gasteiger partial charge on any atom is -0.388 e. The van der Waals surface area contributed by atoms with E-state index >= 15 is 0 Å². The topological polar surface area (TPSA) is 163 Å². The monoisotopic (exact) mass is 555 g/mol. The van der Waals surface area contributed by atoms with Crippen LogP contribution in [0.3, 0.4) is 0 Å². The Balaban J connectivity index is 1.27. The van der Waals surface area contributed by atoms with E-state index in [2.05, 4.69) is 34.1 Å². The van der Waals surface area contributed by atoms with Crippen molar-refractivity contribution in [1.29, 1.82) is 0 Å². The number of aliphatic hydroxyl groups is 2. The molecule has 1 saturated heterocycles. The molecule has 7 rings (SSSR count). The molecule has 3 heterocycles. The lowest BCUT2D eigenvalue weighted by Crippen LogP contribution is -2.61. The second-order valence-electron chi connectivity index (χ2n) is 12.8. The van der Waals surface area contributed by atoms with Crippen molar-refractivity contribution >= 4 is 36.2 Å². The summed E-state index contributed by atoms with van der Waals surface area (Å²) < 4.78 is 18.7. The van der Waals surface area contributed by atoms with Gasteiger partial charge in [-0.1, -0.05) is 13.8 Å². The average molecular weight is 556 g/mol. The third-order valence-electron chi connectivity index (χ3n) is 8.95. The third-order valence-corrected chi connectivity index (χ3v) is 10.0. The summed E-state index contributed by atoms with van der Waals surface area (Å²) in [4.78, 5) is 31.7. The number of nitrogens with zero attached hydrogens (tertiary/aromatic N) is 4. The van der Waals surface area contributed by atoms with Crippen molar-refractivity contribution in [1.82, 2.24) is 19.5 Å². The van der Waals surface area contributed by atoms with Gasteiger partial charge >= 0.3 is 7.60 Å². The standard InChI is InChI=1S/C24H35ClN5O6P/c1-22-6-13-7-23(2,9-22)11-24(8-13,10-22)29-18-15-19(28-21(25)27-18)30(12-26-15)20-17(32)16(31)14(36-20)4-3-5-37(33,34)35/h12-14,16-17,20,31-32H,3-11H2,1-2H3,(H,27,28,29)(H2,33,34,35)/t13?,14?,16?,17?,20?,22-,23+,24?. The SMILES string of the molecule is C[C@]12CC3CC(Nc4nc(Cl)nc5c4ncn5C4OC(CCCP(=O)(O)O)C(O)C4O)(C1)C[C@@](C)(C3)C2. The molecule has 0 spiro atoms. The maximum Gasteiger partial charge on any atom is 0.325 e. The van der Waals surface area contributed by atoms with E-state index in [1.807, 2.05) is 0 Å². The summed E-state index contributed by atoms with van der Waals surface area (Å²) in [5.41, 5.74) is 1.44. The second-order valence-corrected chi connectivity index (χ2v) is 14.9. The molecule has 204 valence electrons. The summed E-state index contributed by atoms with van der Waals surface area (Å²) in [6.07, 6.45) is 4.31. The predicted molar refractivity (Wildman–Crippen MR) is 136 cm³/mol. The lowest BCUT2D eigenvalue weighted by Gasteiger charge is -2.65. The minimum absolute atomic E-state index is 0.0464. The summed E-state index contributed by atoms with van der Waals surface area (Å²) in [6, 6.07) is 0. The molecule has 5 N–H and O–H groups in total. The van der Waals surface area contributed by atoms with Crippen molar-refractivity contribution in [3.05, 3.63) is 11.6 Å². The van der Waals surface area contributed by atoms with Crippen LogP contribution in [-0.4, -0.2) is 69.5 Å². The molecule has 0 amide bonds. The second kappa shape index (κ2) is 8.58. The fourth-order valence-electron chi connectivity index (χ4n) is 8.70. The number of nitrogens with one attached hydrogen (secondary N) is 1. The summed E-state index contributed by atoms with van der Waals surface area (Å²) >= 11 is 6.38. The van der Waals surface area contributed by atoms with Crippen molar-refractivity contribution < 1.29 is 29.3 Å². The van der Waals surface area contributed by atoms with E-state index in [4.69, 9.17) is 26.1 Å². The van der Waals surface area contributed by atoms with E-state index in [-0.39, 0.29) is 29.8 Å². The molecule has 4 saturated carbocycles. The molecular weight excluding hydrogens is 521 g/mol. The van der Waals surface area contributed by atoms with Crippen molar-refractivity contribution in [3.8, 4) is 0 Å². The summed E-state index contributed by atoms with van der Waals surface area (Å²) in [5.74, 6) is 1.25. The van der Waals surface area contributed by atoms with Crippen LogP contribution in [-0.2, 0) is 9.30 Å². The molecule has 5 aliphatic rings. The zero-order chi connectivity index (χ0) is 26.4. The molecule has 1 aliphatic heterocycles. The lowest BCUT2D eigenvalue weighted by molar-refractivity contribution is -0.0973. The highest BCUT2D eigenvalue weighted by Gasteiger charge is 2.60. The van der Waals surface area contributed by atoms with Crippen LogP contribution in [0.1, 0.15) is 71.4 Å². The first-order valence-corrected chi connectivity index (χ1v) is 15.2. The van der Waals surface area contributed by atoms with Crippen LogP contribution in [0.4, 0.5) is 5.82 Å². The number of hydrogen-bond donors (Lipinski definition) is 5. The Morgan fingerprint density at radius 3 is 2.49 bits per heavy atom. The molecule has 8 atom stereocenters. The van der Waals surface area contributed by atoms with E-state index in [9.17, 15) is 14.8 Å². The maximum absolute atomic E-state index is 11.2. The molecule has 0 radical (unpaired) electrons. The van der Waals surface area contributed by atoms with Gasteiger partial charge in [0, 0.05) is 11.7 Å². The van der Waals surface area contributed by atoms with Gasteiger partial charge in [-0.05, 0) is 79.7 Å². The number of anilines is 1. The van der Waals surface area contributed by atoms with E-state index in [0.29, 0.717) is 33.7 Å². The van der Waals surface area contributed by atoms with E-state index in [0.717, 1.165) is 19.3 Å². The molecule has 5 fully saturated rings. The first-order valence-electron chi connectivity index (χ1n) is 13.0. The third kappa shape index (κ3) is 4.71. The minimum atomic E-state index is -4.15. The number of hydrogen-bond acceptors (Lipinski definition) is 8. The van der Waals surface area contributed by atoms with E-state index in [1.54, 1.807) is 4.57 Å². The van der Waals surface area contributed by atoms with Gasteiger partial charge in [0.15, 0.2) is 23.2 Å². The van der Waals surface area contributed by atoms with E-state index < -0.39 is 32.1 Å². The smallest absolute Gasteiger partial charge is 0.325 e. The molecule has 2 aromatic heterocycles. The predicted octanol–water partition coefficient (Wildman–Crippen LogP) is 3.22. The number of imidazole rings is 1. The number of aromatic nitrogens is 4. The molecule has 4 aliphatic carbocycles. The van der Waals surface area contributed by atoms with Gasteiger partial charge < -0.3 is 30.1 Å². The highest BCUT2D eigenvalue weighted by Crippen LogP contribution is 2.67. The average Bonchev–Trinajstić information content (AvgIpc) is 3.26. The summed E-state index contributed by atoms with van der Waals surface area (Å²) in [5, 5.41) is 25.1. The Bertz CT molecular complexity index is 1250. The van der Waals surface area contributed by atoms with Gasteiger partial charge in [0.05, 0.1) is 12.4 Å². The molecule has 6 unspecified atom stereocenters. The zero-order valence-corrected chi connectivity index (χ0v) is 22.7. The van der Waals surface area contributed by atoms with E-state index in [1.165, 1.54) is 25.6 Å². The van der Waals surface area contributed by atoms with Crippen LogP contribution in [0.15, 0.2) is 6.33 Å². The van der Waals surface area contributed by atoms with Gasteiger partial charge in [-0.3, -0.25) is 9.13 Å². The Morgan fingerprint density at radius 2 is 1.84 bits per heavy atom. The van der Waals surface area contributed by atoms with Gasteiger partial charge in [-0.25, -0.2) is 4.98 Å². The van der Waals surface area contributed by atoms with Crippen molar-refractivity contribution in [2.45, 2.75) is 95.3 Å². The first-order chi connectivity index (χ1) is 17.3. The van der Waals surface area contributed by atoms with Crippen molar-refractivity contribution in [3.63, 3.8) is 0 Å².